The average molecular weight is 237 g/mol. The van der Waals surface area contributed by atoms with Crippen LogP contribution in [0.15, 0.2) is 6.07 Å². The van der Waals surface area contributed by atoms with E-state index in [4.69, 9.17) is 4.74 Å². The summed E-state index contributed by atoms with van der Waals surface area (Å²) in [6.45, 7) is 5.98. The van der Waals surface area contributed by atoms with Gasteiger partial charge in [0.15, 0.2) is 0 Å². The van der Waals surface area contributed by atoms with Crippen LogP contribution in [0.5, 0.6) is 0 Å². The first-order chi connectivity index (χ1) is 8.29. The van der Waals surface area contributed by atoms with Crippen molar-refractivity contribution in [3.63, 3.8) is 0 Å². The summed E-state index contributed by atoms with van der Waals surface area (Å²) < 4.78 is 7.74. The lowest BCUT2D eigenvalue weighted by atomic mass is 9.99. The maximum Gasteiger partial charge on any atom is 0.0884 e. The zero-order valence-electron chi connectivity index (χ0n) is 10.9. The molecule has 0 aromatic carbocycles. The van der Waals surface area contributed by atoms with Gasteiger partial charge in [-0.3, -0.25) is 4.68 Å². The van der Waals surface area contributed by atoms with Crippen LogP contribution in [0.2, 0.25) is 0 Å². The van der Waals surface area contributed by atoms with Crippen molar-refractivity contribution in [1.29, 1.82) is 0 Å². The summed E-state index contributed by atoms with van der Waals surface area (Å²) in [6, 6.07) is 2.14. The second kappa shape index (κ2) is 6.17. The number of aryl methyl sites for hydroxylation is 2. The summed E-state index contributed by atoms with van der Waals surface area (Å²) in [7, 11) is 1.99. The Balaban J connectivity index is 1.75. The van der Waals surface area contributed by atoms with E-state index in [0.717, 1.165) is 37.7 Å². The van der Waals surface area contributed by atoms with E-state index < -0.39 is 0 Å². The number of nitrogens with zero attached hydrogens (tertiary/aromatic N) is 2. The number of ether oxygens (including phenoxy) is 1. The Morgan fingerprint density at radius 3 is 2.88 bits per heavy atom. The molecule has 0 bridgehead atoms. The number of nitrogens with one attached hydrogen (secondary N) is 1. The van der Waals surface area contributed by atoms with E-state index in [9.17, 15) is 0 Å². The van der Waals surface area contributed by atoms with Crippen LogP contribution in [0.1, 0.15) is 31.2 Å². The fourth-order valence-corrected chi connectivity index (χ4v) is 2.26. The molecule has 1 aliphatic rings. The van der Waals surface area contributed by atoms with Crippen molar-refractivity contribution in [2.45, 2.75) is 32.8 Å². The SMILES string of the molecule is CCc1cc(COCC2CCNCC2)n(C)n1. The van der Waals surface area contributed by atoms with Crippen LogP contribution < -0.4 is 5.32 Å². The van der Waals surface area contributed by atoms with Gasteiger partial charge in [0.05, 0.1) is 24.6 Å². The first-order valence-electron chi connectivity index (χ1n) is 6.60. The van der Waals surface area contributed by atoms with Gasteiger partial charge in [-0.1, -0.05) is 6.92 Å². The van der Waals surface area contributed by atoms with Gasteiger partial charge >= 0.3 is 0 Å². The molecule has 0 saturated carbocycles. The molecule has 1 saturated heterocycles. The van der Waals surface area contributed by atoms with Crippen LogP contribution >= 0.6 is 0 Å². The molecule has 0 radical (unpaired) electrons. The lowest BCUT2D eigenvalue weighted by Crippen LogP contribution is -2.29. The second-order valence-corrected chi connectivity index (χ2v) is 4.81. The third kappa shape index (κ3) is 3.54. The molecule has 0 amide bonds. The molecule has 0 unspecified atom stereocenters. The molecule has 4 nitrogen and oxygen atoms in total. The van der Waals surface area contributed by atoms with Gasteiger partial charge in [0.1, 0.15) is 0 Å². The summed E-state index contributed by atoms with van der Waals surface area (Å²) >= 11 is 0. The van der Waals surface area contributed by atoms with Crippen molar-refractivity contribution in [1.82, 2.24) is 15.1 Å². The van der Waals surface area contributed by atoms with Crippen LogP contribution in [0.25, 0.3) is 0 Å². The summed E-state index contributed by atoms with van der Waals surface area (Å²) in [5.74, 6) is 0.732. The van der Waals surface area contributed by atoms with Crippen LogP contribution in [-0.4, -0.2) is 29.5 Å². The minimum atomic E-state index is 0.688. The molecule has 2 heterocycles. The van der Waals surface area contributed by atoms with Gasteiger partial charge < -0.3 is 10.1 Å². The first kappa shape index (κ1) is 12.6. The molecule has 2 rings (SSSR count). The van der Waals surface area contributed by atoms with Crippen molar-refractivity contribution in [2.24, 2.45) is 13.0 Å². The van der Waals surface area contributed by atoms with Crippen LogP contribution in [-0.2, 0) is 24.8 Å². The smallest absolute Gasteiger partial charge is 0.0884 e. The Morgan fingerprint density at radius 1 is 1.47 bits per heavy atom. The quantitative estimate of drug-likeness (QED) is 0.843. The number of rotatable bonds is 5. The molecule has 4 heteroatoms. The number of aromatic nitrogens is 2. The third-order valence-electron chi connectivity index (χ3n) is 3.45. The van der Waals surface area contributed by atoms with Gasteiger partial charge in [-0.2, -0.15) is 5.10 Å². The van der Waals surface area contributed by atoms with Gasteiger partial charge in [0.2, 0.25) is 0 Å². The Bertz CT molecular complexity index is 342. The Morgan fingerprint density at radius 2 is 2.24 bits per heavy atom. The highest BCUT2D eigenvalue weighted by Crippen LogP contribution is 2.13. The summed E-state index contributed by atoms with van der Waals surface area (Å²) in [5, 5.41) is 7.79. The largest absolute Gasteiger partial charge is 0.375 e. The topological polar surface area (TPSA) is 39.1 Å². The Hall–Kier alpha value is -0.870. The molecule has 96 valence electrons. The van der Waals surface area contributed by atoms with E-state index in [0.29, 0.717) is 6.61 Å². The molecule has 0 spiro atoms. The Labute approximate surface area is 103 Å². The lowest BCUT2D eigenvalue weighted by molar-refractivity contribution is 0.0726. The van der Waals surface area contributed by atoms with Crippen molar-refractivity contribution >= 4 is 0 Å². The fourth-order valence-electron chi connectivity index (χ4n) is 2.26. The summed E-state index contributed by atoms with van der Waals surface area (Å²) in [5.41, 5.74) is 2.32. The first-order valence-corrected chi connectivity index (χ1v) is 6.60. The van der Waals surface area contributed by atoms with E-state index in [1.807, 2.05) is 11.7 Å². The fraction of sp³-hybridized carbons (Fsp3) is 0.769. The van der Waals surface area contributed by atoms with Gasteiger partial charge in [-0.25, -0.2) is 0 Å². The molecule has 1 fully saturated rings. The van der Waals surface area contributed by atoms with Crippen molar-refractivity contribution < 1.29 is 4.74 Å². The van der Waals surface area contributed by atoms with Gasteiger partial charge in [0, 0.05) is 7.05 Å². The van der Waals surface area contributed by atoms with Gasteiger partial charge in [0.25, 0.3) is 0 Å². The third-order valence-corrected chi connectivity index (χ3v) is 3.45. The molecule has 1 aliphatic heterocycles. The zero-order valence-corrected chi connectivity index (χ0v) is 10.9. The number of hydrogen-bond acceptors (Lipinski definition) is 3. The monoisotopic (exact) mass is 237 g/mol. The minimum Gasteiger partial charge on any atom is -0.375 e. The van der Waals surface area contributed by atoms with E-state index in [1.54, 1.807) is 0 Å². The molecular formula is C13H23N3O. The van der Waals surface area contributed by atoms with Crippen LogP contribution in [0.4, 0.5) is 0 Å². The number of piperidine rings is 1. The average Bonchev–Trinajstić information content (AvgIpc) is 2.72. The Kier molecular flexibility index (Phi) is 4.57. The van der Waals surface area contributed by atoms with E-state index in [-0.39, 0.29) is 0 Å². The maximum atomic E-state index is 5.81. The zero-order chi connectivity index (χ0) is 12.1. The molecule has 1 aromatic heterocycles. The van der Waals surface area contributed by atoms with Crippen molar-refractivity contribution in [2.75, 3.05) is 19.7 Å². The minimum absolute atomic E-state index is 0.688. The van der Waals surface area contributed by atoms with Crippen molar-refractivity contribution in [3.8, 4) is 0 Å². The highest BCUT2D eigenvalue weighted by molar-refractivity contribution is 5.09. The predicted molar refractivity (Wildman–Crippen MR) is 67.8 cm³/mol. The summed E-state index contributed by atoms with van der Waals surface area (Å²) in [6.07, 6.45) is 3.47. The number of hydrogen-bond donors (Lipinski definition) is 1. The highest BCUT2D eigenvalue weighted by Gasteiger charge is 2.13. The molecule has 1 aromatic rings. The van der Waals surface area contributed by atoms with Gasteiger partial charge in [-0.05, 0) is 44.3 Å². The normalized spacial score (nSPS) is 17.5. The van der Waals surface area contributed by atoms with E-state index in [1.165, 1.54) is 18.5 Å². The lowest BCUT2D eigenvalue weighted by Gasteiger charge is -2.22. The predicted octanol–water partition coefficient (Wildman–Crippen LogP) is 1.50. The molecule has 0 aliphatic carbocycles. The highest BCUT2D eigenvalue weighted by atomic mass is 16.5. The van der Waals surface area contributed by atoms with E-state index >= 15 is 0 Å². The van der Waals surface area contributed by atoms with Crippen LogP contribution in [0.3, 0.4) is 0 Å². The molecular weight excluding hydrogens is 214 g/mol. The maximum absolute atomic E-state index is 5.81. The molecule has 0 atom stereocenters. The van der Waals surface area contributed by atoms with Crippen LogP contribution in [0, 0.1) is 5.92 Å². The second-order valence-electron chi connectivity index (χ2n) is 4.81. The van der Waals surface area contributed by atoms with E-state index in [2.05, 4.69) is 23.4 Å². The van der Waals surface area contributed by atoms with Crippen molar-refractivity contribution in [3.05, 3.63) is 17.5 Å². The molecule has 17 heavy (non-hydrogen) atoms. The molecule has 1 N–H and O–H groups in total. The summed E-state index contributed by atoms with van der Waals surface area (Å²) in [4.78, 5) is 0. The standard InChI is InChI=1S/C13H23N3O/c1-3-12-8-13(16(2)15-12)10-17-9-11-4-6-14-7-5-11/h8,11,14H,3-7,9-10H2,1-2H3. The van der Waals surface area contributed by atoms with Gasteiger partial charge in [-0.15, -0.1) is 0 Å².